The first-order valence-corrected chi connectivity index (χ1v) is 11.3. The molecule has 2 fully saturated rings. The highest BCUT2D eigenvalue weighted by Gasteiger charge is 2.39. The number of carbonyl (C=O) groups is 3. The van der Waals surface area contributed by atoms with Crippen molar-refractivity contribution in [3.05, 3.63) is 58.3 Å². The second-order valence-electron chi connectivity index (χ2n) is 8.00. The van der Waals surface area contributed by atoms with Gasteiger partial charge in [-0.05, 0) is 23.9 Å². The van der Waals surface area contributed by atoms with Crippen LogP contribution in [-0.2, 0) is 20.8 Å². The predicted molar refractivity (Wildman–Crippen MR) is 116 cm³/mol. The molecule has 4 rings (SSSR count). The normalized spacial score (nSPS) is 20.5. The Kier molecular flexibility index (Phi) is 6.18. The maximum absolute atomic E-state index is 13.0. The highest BCUT2D eigenvalue weighted by atomic mass is 32.1. The van der Waals surface area contributed by atoms with E-state index in [0.29, 0.717) is 39.1 Å². The number of hydrogen-bond donors (Lipinski definition) is 0. The minimum atomic E-state index is -0.294. The van der Waals surface area contributed by atoms with Crippen molar-refractivity contribution < 1.29 is 14.4 Å². The van der Waals surface area contributed by atoms with Gasteiger partial charge in [0.25, 0.3) is 0 Å². The number of thiophene rings is 1. The zero-order valence-electron chi connectivity index (χ0n) is 17.2. The highest BCUT2D eigenvalue weighted by Crippen LogP contribution is 2.29. The molecule has 0 aliphatic carbocycles. The summed E-state index contributed by atoms with van der Waals surface area (Å²) in [7, 11) is 0. The van der Waals surface area contributed by atoms with Crippen LogP contribution in [0.25, 0.3) is 0 Å². The molecule has 3 heterocycles. The van der Waals surface area contributed by atoms with E-state index in [1.165, 1.54) is 0 Å². The summed E-state index contributed by atoms with van der Waals surface area (Å²) in [6.07, 6.45) is 0.697. The molecule has 0 N–H and O–H groups in total. The zero-order chi connectivity index (χ0) is 21.1. The molecule has 7 heteroatoms. The topological polar surface area (TPSA) is 60.9 Å². The number of amides is 3. The molecule has 6 nitrogen and oxygen atoms in total. The van der Waals surface area contributed by atoms with Crippen molar-refractivity contribution in [1.29, 1.82) is 0 Å². The predicted octanol–water partition coefficient (Wildman–Crippen LogP) is 2.57. The van der Waals surface area contributed by atoms with Crippen LogP contribution in [0.4, 0.5) is 0 Å². The summed E-state index contributed by atoms with van der Waals surface area (Å²) < 4.78 is 0. The molecule has 2 atom stereocenters. The van der Waals surface area contributed by atoms with Gasteiger partial charge in [-0.25, -0.2) is 0 Å². The second-order valence-corrected chi connectivity index (χ2v) is 9.03. The van der Waals surface area contributed by atoms with E-state index < -0.39 is 0 Å². The SMILES string of the molecule is CC(c1ccccc1)N1CC(C(=O)N2CCN(C(=O)Cc3cccs3)CC2)CC1=O. The van der Waals surface area contributed by atoms with Crippen LogP contribution < -0.4 is 0 Å². The van der Waals surface area contributed by atoms with Crippen LogP contribution in [0.5, 0.6) is 0 Å². The zero-order valence-corrected chi connectivity index (χ0v) is 18.0. The van der Waals surface area contributed by atoms with Crippen LogP contribution in [0.3, 0.4) is 0 Å². The standard InChI is InChI=1S/C23H27N3O3S/c1-17(18-6-3-2-4-7-18)26-16-19(14-22(26)28)23(29)25-11-9-24(10-12-25)21(27)15-20-8-5-13-30-20/h2-8,13,17,19H,9-12,14-16H2,1H3. The molecule has 2 aliphatic heterocycles. The van der Waals surface area contributed by atoms with Crippen LogP contribution in [0, 0.1) is 5.92 Å². The molecular formula is C23H27N3O3S. The van der Waals surface area contributed by atoms with Crippen molar-refractivity contribution >= 4 is 29.1 Å². The maximum Gasteiger partial charge on any atom is 0.228 e. The Hall–Kier alpha value is -2.67. The quantitative estimate of drug-likeness (QED) is 0.740. The molecule has 1 aromatic carbocycles. The molecule has 3 amide bonds. The number of nitrogens with zero attached hydrogens (tertiary/aromatic N) is 3. The van der Waals surface area contributed by atoms with Crippen LogP contribution in [0.1, 0.15) is 29.8 Å². The van der Waals surface area contributed by atoms with Gasteiger partial charge in [0, 0.05) is 44.0 Å². The van der Waals surface area contributed by atoms with E-state index in [4.69, 9.17) is 0 Å². The van der Waals surface area contributed by atoms with E-state index >= 15 is 0 Å². The van der Waals surface area contributed by atoms with E-state index in [1.807, 2.05) is 69.5 Å². The van der Waals surface area contributed by atoms with Crippen molar-refractivity contribution in [3.63, 3.8) is 0 Å². The van der Waals surface area contributed by atoms with Gasteiger partial charge >= 0.3 is 0 Å². The molecule has 0 radical (unpaired) electrons. The van der Waals surface area contributed by atoms with Crippen LogP contribution in [0.15, 0.2) is 47.8 Å². The van der Waals surface area contributed by atoms with Crippen molar-refractivity contribution in [2.24, 2.45) is 5.92 Å². The third kappa shape index (κ3) is 4.41. The third-order valence-corrected chi connectivity index (χ3v) is 6.98. The molecule has 0 spiro atoms. The summed E-state index contributed by atoms with van der Waals surface area (Å²) in [5.74, 6) is -0.105. The Morgan fingerprint density at radius 1 is 1.03 bits per heavy atom. The van der Waals surface area contributed by atoms with Gasteiger partial charge < -0.3 is 14.7 Å². The summed E-state index contributed by atoms with van der Waals surface area (Å²) in [6.45, 7) is 4.66. The molecule has 2 saturated heterocycles. The lowest BCUT2D eigenvalue weighted by molar-refractivity contribution is -0.141. The lowest BCUT2D eigenvalue weighted by Gasteiger charge is -2.36. The van der Waals surface area contributed by atoms with E-state index in [0.717, 1.165) is 10.4 Å². The fraction of sp³-hybridized carbons (Fsp3) is 0.435. The number of likely N-dealkylation sites (tertiary alicyclic amines) is 1. The van der Waals surface area contributed by atoms with Crippen LogP contribution in [-0.4, -0.2) is 65.1 Å². The van der Waals surface area contributed by atoms with Gasteiger partial charge in [-0.3, -0.25) is 14.4 Å². The number of piperazine rings is 1. The second kappa shape index (κ2) is 9.00. The summed E-state index contributed by atoms with van der Waals surface area (Å²) in [5.41, 5.74) is 1.08. The van der Waals surface area contributed by atoms with Gasteiger partial charge in [-0.15, -0.1) is 11.3 Å². The maximum atomic E-state index is 13.0. The van der Waals surface area contributed by atoms with Gasteiger partial charge in [-0.1, -0.05) is 36.4 Å². The number of benzene rings is 1. The Morgan fingerprint density at radius 2 is 1.73 bits per heavy atom. The molecule has 2 aromatic rings. The fourth-order valence-corrected chi connectivity index (χ4v) is 4.99. The molecule has 2 unspecified atom stereocenters. The Labute approximate surface area is 181 Å². The monoisotopic (exact) mass is 425 g/mol. The highest BCUT2D eigenvalue weighted by molar-refractivity contribution is 7.10. The van der Waals surface area contributed by atoms with Gasteiger partial charge in [0.1, 0.15) is 0 Å². The molecule has 0 saturated carbocycles. The first kappa shape index (κ1) is 20.6. The number of carbonyl (C=O) groups excluding carboxylic acids is 3. The molecule has 1 aromatic heterocycles. The number of hydrogen-bond acceptors (Lipinski definition) is 4. The molecular weight excluding hydrogens is 398 g/mol. The van der Waals surface area contributed by atoms with E-state index in [2.05, 4.69) is 0 Å². The van der Waals surface area contributed by atoms with Gasteiger partial charge in [-0.2, -0.15) is 0 Å². The smallest absolute Gasteiger partial charge is 0.228 e. The largest absolute Gasteiger partial charge is 0.339 e. The average molecular weight is 426 g/mol. The van der Waals surface area contributed by atoms with Crippen LogP contribution in [0.2, 0.25) is 0 Å². The van der Waals surface area contributed by atoms with Crippen molar-refractivity contribution in [2.45, 2.75) is 25.8 Å². The van der Waals surface area contributed by atoms with Gasteiger partial charge in [0.2, 0.25) is 17.7 Å². The average Bonchev–Trinajstić information content (AvgIpc) is 3.43. The van der Waals surface area contributed by atoms with Gasteiger partial charge in [0.05, 0.1) is 18.4 Å². The molecule has 2 aliphatic rings. The molecule has 158 valence electrons. The Morgan fingerprint density at radius 3 is 2.40 bits per heavy atom. The third-order valence-electron chi connectivity index (χ3n) is 6.11. The Bertz CT molecular complexity index is 892. The van der Waals surface area contributed by atoms with E-state index in [-0.39, 0.29) is 36.1 Å². The first-order chi connectivity index (χ1) is 14.5. The van der Waals surface area contributed by atoms with Crippen molar-refractivity contribution in [1.82, 2.24) is 14.7 Å². The minimum Gasteiger partial charge on any atom is -0.339 e. The van der Waals surface area contributed by atoms with Crippen LogP contribution >= 0.6 is 11.3 Å². The fourth-order valence-electron chi connectivity index (χ4n) is 4.29. The summed E-state index contributed by atoms with van der Waals surface area (Å²) >= 11 is 1.59. The summed E-state index contributed by atoms with van der Waals surface area (Å²) in [4.78, 5) is 44.6. The van der Waals surface area contributed by atoms with E-state index in [9.17, 15) is 14.4 Å². The van der Waals surface area contributed by atoms with Crippen molar-refractivity contribution in [2.75, 3.05) is 32.7 Å². The van der Waals surface area contributed by atoms with Crippen molar-refractivity contribution in [3.8, 4) is 0 Å². The Balaban J connectivity index is 1.30. The lowest BCUT2D eigenvalue weighted by Crippen LogP contribution is -2.52. The molecule has 0 bridgehead atoms. The first-order valence-electron chi connectivity index (χ1n) is 10.5. The lowest BCUT2D eigenvalue weighted by atomic mass is 10.1. The number of rotatable bonds is 5. The van der Waals surface area contributed by atoms with E-state index in [1.54, 1.807) is 11.3 Å². The summed E-state index contributed by atoms with van der Waals surface area (Å²) in [5, 5.41) is 1.98. The van der Waals surface area contributed by atoms with Gasteiger partial charge in [0.15, 0.2) is 0 Å². The molecule has 30 heavy (non-hydrogen) atoms. The summed E-state index contributed by atoms with van der Waals surface area (Å²) in [6, 6.07) is 13.8. The minimum absolute atomic E-state index is 0.0365.